The largest absolute Gasteiger partial charge is 0.441 e. The maximum absolute atomic E-state index is 12.1. The fraction of sp³-hybridized carbons (Fsp3) is 0.176. The van der Waals surface area contributed by atoms with Crippen LogP contribution in [-0.2, 0) is 6.54 Å². The maximum atomic E-state index is 12.1. The molecule has 0 atom stereocenters. The van der Waals surface area contributed by atoms with Crippen molar-refractivity contribution in [1.82, 2.24) is 10.3 Å². The Bertz CT molecular complexity index is 805. The summed E-state index contributed by atoms with van der Waals surface area (Å²) in [5.74, 6) is 0.570. The van der Waals surface area contributed by atoms with Crippen LogP contribution in [0.1, 0.15) is 27.4 Å². The predicted octanol–water partition coefficient (Wildman–Crippen LogP) is 3.37. The third-order valence-corrected chi connectivity index (χ3v) is 3.29. The van der Waals surface area contributed by atoms with Gasteiger partial charge in [0.1, 0.15) is 5.52 Å². The second-order valence-corrected chi connectivity index (χ2v) is 5.09. The van der Waals surface area contributed by atoms with Crippen LogP contribution in [0.2, 0.25) is 0 Å². The molecule has 1 amide bonds. The minimum atomic E-state index is -0.0740. The van der Waals surface area contributed by atoms with Gasteiger partial charge in [-0.1, -0.05) is 23.8 Å². The summed E-state index contributed by atoms with van der Waals surface area (Å²) >= 11 is 0. The van der Waals surface area contributed by atoms with Crippen molar-refractivity contribution in [3.63, 3.8) is 0 Å². The second kappa shape index (κ2) is 5.40. The number of hydrogen-bond donors (Lipinski definition) is 1. The van der Waals surface area contributed by atoms with Crippen molar-refractivity contribution >= 4 is 17.0 Å². The molecule has 21 heavy (non-hydrogen) atoms. The molecule has 3 rings (SSSR count). The summed E-state index contributed by atoms with van der Waals surface area (Å²) in [5, 5.41) is 2.92. The Kier molecular flexibility index (Phi) is 3.44. The predicted molar refractivity (Wildman–Crippen MR) is 81.1 cm³/mol. The summed E-state index contributed by atoms with van der Waals surface area (Å²) in [6, 6.07) is 13.3. The number of aromatic nitrogens is 1. The monoisotopic (exact) mass is 280 g/mol. The molecular weight excluding hydrogens is 264 g/mol. The highest BCUT2D eigenvalue weighted by molar-refractivity contribution is 5.94. The fourth-order valence-electron chi connectivity index (χ4n) is 2.27. The van der Waals surface area contributed by atoms with Crippen LogP contribution in [0.5, 0.6) is 0 Å². The number of amides is 1. The zero-order chi connectivity index (χ0) is 14.8. The van der Waals surface area contributed by atoms with E-state index in [1.807, 2.05) is 56.3 Å². The number of nitrogens with one attached hydrogen (secondary N) is 1. The molecule has 1 heterocycles. The van der Waals surface area contributed by atoms with Crippen LogP contribution in [0, 0.1) is 13.8 Å². The molecule has 1 N–H and O–H groups in total. The Morgan fingerprint density at radius 2 is 2.05 bits per heavy atom. The van der Waals surface area contributed by atoms with Crippen molar-refractivity contribution < 1.29 is 9.21 Å². The normalized spacial score (nSPS) is 10.8. The lowest BCUT2D eigenvalue weighted by Gasteiger charge is -2.06. The van der Waals surface area contributed by atoms with E-state index in [1.54, 1.807) is 0 Å². The molecule has 0 aliphatic heterocycles. The lowest BCUT2D eigenvalue weighted by Crippen LogP contribution is -2.22. The first-order valence-corrected chi connectivity index (χ1v) is 6.83. The van der Waals surface area contributed by atoms with Gasteiger partial charge in [0.2, 0.25) is 0 Å². The van der Waals surface area contributed by atoms with E-state index < -0.39 is 0 Å². The highest BCUT2D eigenvalue weighted by atomic mass is 16.3. The van der Waals surface area contributed by atoms with Gasteiger partial charge in [-0.3, -0.25) is 4.79 Å². The average Bonchev–Trinajstić information content (AvgIpc) is 2.84. The Balaban J connectivity index is 1.72. The van der Waals surface area contributed by atoms with Gasteiger partial charge in [-0.15, -0.1) is 0 Å². The SMILES string of the molecule is Cc1cccc(C(=O)NCc2ccc3oc(C)nc3c2)c1. The first-order valence-electron chi connectivity index (χ1n) is 6.83. The molecule has 0 fully saturated rings. The van der Waals surface area contributed by atoms with E-state index in [0.717, 1.165) is 22.2 Å². The van der Waals surface area contributed by atoms with Crippen molar-refractivity contribution in [2.75, 3.05) is 0 Å². The zero-order valence-electron chi connectivity index (χ0n) is 12.0. The third-order valence-electron chi connectivity index (χ3n) is 3.29. The number of oxazole rings is 1. The van der Waals surface area contributed by atoms with Gasteiger partial charge in [-0.2, -0.15) is 0 Å². The quantitative estimate of drug-likeness (QED) is 0.800. The van der Waals surface area contributed by atoms with E-state index in [2.05, 4.69) is 10.3 Å². The number of nitrogens with zero attached hydrogens (tertiary/aromatic N) is 1. The van der Waals surface area contributed by atoms with Gasteiger partial charge in [-0.05, 0) is 36.8 Å². The summed E-state index contributed by atoms with van der Waals surface area (Å²) in [7, 11) is 0. The van der Waals surface area contributed by atoms with Crippen molar-refractivity contribution in [2.45, 2.75) is 20.4 Å². The van der Waals surface area contributed by atoms with Crippen LogP contribution >= 0.6 is 0 Å². The second-order valence-electron chi connectivity index (χ2n) is 5.09. The first kappa shape index (κ1) is 13.4. The molecule has 1 aromatic heterocycles. The van der Waals surface area contributed by atoms with Gasteiger partial charge < -0.3 is 9.73 Å². The molecule has 4 heteroatoms. The van der Waals surface area contributed by atoms with Crippen molar-refractivity contribution in [2.24, 2.45) is 0 Å². The zero-order valence-corrected chi connectivity index (χ0v) is 12.0. The molecule has 0 spiro atoms. The molecule has 0 saturated heterocycles. The van der Waals surface area contributed by atoms with Crippen molar-refractivity contribution in [3.8, 4) is 0 Å². The van der Waals surface area contributed by atoms with Crippen LogP contribution in [0.15, 0.2) is 46.9 Å². The Labute approximate surface area is 122 Å². The van der Waals surface area contributed by atoms with Crippen molar-refractivity contribution in [3.05, 3.63) is 65.0 Å². The topological polar surface area (TPSA) is 55.1 Å². The van der Waals surface area contributed by atoms with Gasteiger partial charge >= 0.3 is 0 Å². The average molecular weight is 280 g/mol. The molecule has 0 saturated carbocycles. The minimum absolute atomic E-state index is 0.0740. The van der Waals surface area contributed by atoms with Crippen LogP contribution < -0.4 is 5.32 Å². The van der Waals surface area contributed by atoms with Gasteiger partial charge in [0.15, 0.2) is 11.5 Å². The number of rotatable bonds is 3. The van der Waals surface area contributed by atoms with E-state index in [0.29, 0.717) is 18.0 Å². The van der Waals surface area contributed by atoms with Crippen LogP contribution in [0.4, 0.5) is 0 Å². The maximum Gasteiger partial charge on any atom is 0.251 e. The standard InChI is InChI=1S/C17H16N2O2/c1-11-4-3-5-14(8-11)17(20)18-10-13-6-7-16-15(9-13)19-12(2)21-16/h3-9H,10H2,1-2H3,(H,18,20). The number of fused-ring (bicyclic) bond motifs is 1. The highest BCUT2D eigenvalue weighted by Crippen LogP contribution is 2.16. The van der Waals surface area contributed by atoms with Crippen LogP contribution in [0.3, 0.4) is 0 Å². The summed E-state index contributed by atoms with van der Waals surface area (Å²) in [4.78, 5) is 16.4. The van der Waals surface area contributed by atoms with E-state index in [9.17, 15) is 4.79 Å². The van der Waals surface area contributed by atoms with E-state index in [4.69, 9.17) is 4.42 Å². The summed E-state index contributed by atoms with van der Waals surface area (Å²) in [6.07, 6.45) is 0. The summed E-state index contributed by atoms with van der Waals surface area (Å²) < 4.78 is 5.43. The van der Waals surface area contributed by atoms with E-state index in [-0.39, 0.29) is 5.91 Å². The molecule has 0 aliphatic carbocycles. The molecule has 2 aromatic carbocycles. The summed E-state index contributed by atoms with van der Waals surface area (Å²) in [5.41, 5.74) is 4.32. The van der Waals surface area contributed by atoms with Gasteiger partial charge in [0, 0.05) is 19.0 Å². The third kappa shape index (κ3) is 2.94. The number of aryl methyl sites for hydroxylation is 2. The molecule has 0 unspecified atom stereocenters. The molecule has 106 valence electrons. The molecule has 0 radical (unpaired) electrons. The molecule has 4 nitrogen and oxygen atoms in total. The number of hydrogen-bond acceptors (Lipinski definition) is 3. The molecular formula is C17H16N2O2. The van der Waals surface area contributed by atoms with Crippen LogP contribution in [-0.4, -0.2) is 10.9 Å². The number of carbonyl (C=O) groups is 1. The molecule has 0 aliphatic rings. The smallest absolute Gasteiger partial charge is 0.251 e. The van der Waals surface area contributed by atoms with E-state index in [1.165, 1.54) is 0 Å². The van der Waals surface area contributed by atoms with Gasteiger partial charge in [0.05, 0.1) is 0 Å². The highest BCUT2D eigenvalue weighted by Gasteiger charge is 2.07. The molecule has 3 aromatic rings. The lowest BCUT2D eigenvalue weighted by molar-refractivity contribution is 0.0951. The number of carbonyl (C=O) groups excluding carboxylic acids is 1. The first-order chi connectivity index (χ1) is 10.1. The number of benzene rings is 2. The Morgan fingerprint density at radius 1 is 1.19 bits per heavy atom. The lowest BCUT2D eigenvalue weighted by atomic mass is 10.1. The molecule has 0 bridgehead atoms. The minimum Gasteiger partial charge on any atom is -0.441 e. The van der Waals surface area contributed by atoms with Crippen molar-refractivity contribution in [1.29, 1.82) is 0 Å². The van der Waals surface area contributed by atoms with Gasteiger partial charge in [0.25, 0.3) is 5.91 Å². The van der Waals surface area contributed by atoms with E-state index >= 15 is 0 Å². The fourth-order valence-corrected chi connectivity index (χ4v) is 2.27. The van der Waals surface area contributed by atoms with Gasteiger partial charge in [-0.25, -0.2) is 4.98 Å². The Hall–Kier alpha value is -2.62. The van der Waals surface area contributed by atoms with Crippen LogP contribution in [0.25, 0.3) is 11.1 Å². The summed E-state index contributed by atoms with van der Waals surface area (Å²) in [6.45, 7) is 4.26. The Morgan fingerprint density at radius 3 is 2.86 bits per heavy atom.